The zero-order valence-electron chi connectivity index (χ0n) is 13.1. The minimum atomic E-state index is 0. The van der Waals surface area contributed by atoms with Crippen molar-refractivity contribution >= 4 is 29.9 Å². The van der Waals surface area contributed by atoms with Crippen molar-refractivity contribution in [1.29, 1.82) is 0 Å². The summed E-state index contributed by atoms with van der Waals surface area (Å²) in [4.78, 5) is 4.21. The first-order chi connectivity index (χ1) is 10.3. The minimum absolute atomic E-state index is 0. The molecule has 0 aliphatic carbocycles. The largest absolute Gasteiger partial charge is 0.356 e. The fraction of sp³-hybridized carbons (Fsp3) is 0.375. The van der Waals surface area contributed by atoms with Crippen LogP contribution in [0, 0.1) is 0 Å². The van der Waals surface area contributed by atoms with Gasteiger partial charge in [-0.2, -0.15) is 5.10 Å². The molecule has 0 aliphatic rings. The first-order valence-electron chi connectivity index (χ1n) is 7.37. The van der Waals surface area contributed by atoms with Gasteiger partial charge in [0.2, 0.25) is 0 Å². The molecule has 0 unspecified atom stereocenters. The summed E-state index contributed by atoms with van der Waals surface area (Å²) in [5.74, 6) is 0.847. The molecule has 22 heavy (non-hydrogen) atoms. The van der Waals surface area contributed by atoms with E-state index >= 15 is 0 Å². The van der Waals surface area contributed by atoms with Gasteiger partial charge in [-0.1, -0.05) is 25.5 Å². The van der Waals surface area contributed by atoms with E-state index in [0.29, 0.717) is 0 Å². The Morgan fingerprint density at radius 2 is 2.00 bits per heavy atom. The van der Waals surface area contributed by atoms with Crippen LogP contribution in [0.3, 0.4) is 0 Å². The van der Waals surface area contributed by atoms with Gasteiger partial charge in [-0.25, -0.2) is 4.68 Å². The summed E-state index contributed by atoms with van der Waals surface area (Å²) >= 11 is 0. The third-order valence-corrected chi connectivity index (χ3v) is 3.21. The molecule has 2 aromatic rings. The van der Waals surface area contributed by atoms with E-state index in [1.54, 1.807) is 13.2 Å². The molecule has 2 N–H and O–H groups in total. The Morgan fingerprint density at radius 1 is 1.23 bits per heavy atom. The molecule has 0 saturated carbocycles. The lowest BCUT2D eigenvalue weighted by Crippen LogP contribution is -2.37. The van der Waals surface area contributed by atoms with E-state index in [2.05, 4.69) is 51.9 Å². The van der Waals surface area contributed by atoms with Gasteiger partial charge in [0.25, 0.3) is 0 Å². The summed E-state index contributed by atoms with van der Waals surface area (Å²) in [5, 5.41) is 10.8. The summed E-state index contributed by atoms with van der Waals surface area (Å²) in [6.07, 6.45) is 6.05. The summed E-state index contributed by atoms with van der Waals surface area (Å²) in [6, 6.07) is 10.3. The predicted molar refractivity (Wildman–Crippen MR) is 102 cm³/mol. The van der Waals surface area contributed by atoms with Crippen LogP contribution in [0.25, 0.3) is 5.69 Å². The number of aromatic nitrogens is 2. The molecule has 1 heterocycles. The molecule has 120 valence electrons. The first-order valence-corrected chi connectivity index (χ1v) is 7.37. The van der Waals surface area contributed by atoms with Crippen molar-refractivity contribution < 1.29 is 0 Å². The van der Waals surface area contributed by atoms with Crippen molar-refractivity contribution in [3.63, 3.8) is 0 Å². The van der Waals surface area contributed by atoms with Gasteiger partial charge in [-0.15, -0.1) is 24.0 Å². The third-order valence-electron chi connectivity index (χ3n) is 3.21. The Morgan fingerprint density at radius 3 is 2.59 bits per heavy atom. The smallest absolute Gasteiger partial charge is 0.191 e. The molecule has 0 radical (unpaired) electrons. The average Bonchev–Trinajstić information content (AvgIpc) is 3.06. The normalized spacial score (nSPS) is 10.9. The van der Waals surface area contributed by atoms with E-state index in [1.165, 1.54) is 12.0 Å². The molecule has 2 rings (SSSR count). The molecule has 1 aromatic heterocycles. The van der Waals surface area contributed by atoms with Gasteiger partial charge in [-0.05, 0) is 30.2 Å². The molecule has 0 bridgehead atoms. The molecular weight excluding hydrogens is 389 g/mol. The second-order valence-corrected chi connectivity index (χ2v) is 4.82. The Balaban J connectivity index is 0.00000242. The van der Waals surface area contributed by atoms with Crippen LogP contribution in [-0.2, 0) is 6.54 Å². The molecule has 0 spiro atoms. The molecular formula is C16H24IN5. The van der Waals surface area contributed by atoms with Crippen LogP contribution in [0.15, 0.2) is 47.7 Å². The number of nitrogens with one attached hydrogen (secondary N) is 2. The van der Waals surface area contributed by atoms with Crippen molar-refractivity contribution in [2.75, 3.05) is 13.6 Å². The first kappa shape index (κ1) is 18.5. The molecule has 0 atom stereocenters. The van der Waals surface area contributed by atoms with Gasteiger partial charge >= 0.3 is 0 Å². The standard InChI is InChI=1S/C16H23N5.HI/c1-3-4-10-18-16(17-2)19-13-14-6-8-15(9-7-14)21-12-5-11-20-21;/h5-9,11-12H,3-4,10,13H2,1-2H3,(H2,17,18,19);1H. The molecule has 0 amide bonds. The highest BCUT2D eigenvalue weighted by atomic mass is 127. The summed E-state index contributed by atoms with van der Waals surface area (Å²) < 4.78 is 1.85. The molecule has 5 nitrogen and oxygen atoms in total. The van der Waals surface area contributed by atoms with Gasteiger partial charge < -0.3 is 10.6 Å². The van der Waals surface area contributed by atoms with Gasteiger partial charge in [0.1, 0.15) is 0 Å². The molecule has 0 aliphatic heterocycles. The van der Waals surface area contributed by atoms with Crippen molar-refractivity contribution in [1.82, 2.24) is 20.4 Å². The molecule has 0 saturated heterocycles. The summed E-state index contributed by atoms with van der Waals surface area (Å²) in [7, 11) is 1.79. The quantitative estimate of drug-likeness (QED) is 0.332. The maximum absolute atomic E-state index is 4.22. The lowest BCUT2D eigenvalue weighted by Gasteiger charge is -2.11. The predicted octanol–water partition coefficient (Wildman–Crippen LogP) is 2.96. The number of halogens is 1. The second-order valence-electron chi connectivity index (χ2n) is 4.82. The zero-order chi connectivity index (χ0) is 14.9. The van der Waals surface area contributed by atoms with E-state index in [1.807, 2.05) is 16.9 Å². The number of nitrogens with zero attached hydrogens (tertiary/aromatic N) is 3. The van der Waals surface area contributed by atoms with Gasteiger partial charge in [0.15, 0.2) is 5.96 Å². The lowest BCUT2D eigenvalue weighted by atomic mass is 10.2. The topological polar surface area (TPSA) is 54.2 Å². The summed E-state index contributed by atoms with van der Waals surface area (Å²) in [6.45, 7) is 3.89. The van der Waals surface area contributed by atoms with Gasteiger partial charge in [0.05, 0.1) is 5.69 Å². The van der Waals surface area contributed by atoms with Crippen molar-refractivity contribution in [3.8, 4) is 5.69 Å². The van der Waals surface area contributed by atoms with Crippen molar-refractivity contribution in [3.05, 3.63) is 48.3 Å². The highest BCUT2D eigenvalue weighted by molar-refractivity contribution is 14.0. The van der Waals surface area contributed by atoms with Gasteiger partial charge in [0, 0.05) is 32.5 Å². The maximum Gasteiger partial charge on any atom is 0.191 e. The number of aliphatic imine (C=N–C) groups is 1. The van der Waals surface area contributed by atoms with Crippen LogP contribution in [0.5, 0.6) is 0 Å². The van der Waals surface area contributed by atoms with Crippen molar-refractivity contribution in [2.24, 2.45) is 4.99 Å². The average molecular weight is 413 g/mol. The Labute approximate surface area is 149 Å². The zero-order valence-corrected chi connectivity index (χ0v) is 15.5. The fourth-order valence-corrected chi connectivity index (χ4v) is 1.98. The number of benzene rings is 1. The van der Waals surface area contributed by atoms with E-state index < -0.39 is 0 Å². The van der Waals surface area contributed by atoms with Crippen LogP contribution in [-0.4, -0.2) is 29.3 Å². The van der Waals surface area contributed by atoms with Crippen LogP contribution >= 0.6 is 24.0 Å². The Hall–Kier alpha value is -1.57. The summed E-state index contributed by atoms with van der Waals surface area (Å²) in [5.41, 5.74) is 2.28. The van der Waals surface area contributed by atoms with E-state index in [-0.39, 0.29) is 24.0 Å². The number of guanidine groups is 1. The van der Waals surface area contributed by atoms with E-state index in [9.17, 15) is 0 Å². The van der Waals surface area contributed by atoms with Crippen LogP contribution in [0.1, 0.15) is 25.3 Å². The minimum Gasteiger partial charge on any atom is -0.356 e. The number of unbranched alkanes of at least 4 members (excludes halogenated alkanes) is 1. The van der Waals surface area contributed by atoms with Crippen LogP contribution in [0.2, 0.25) is 0 Å². The van der Waals surface area contributed by atoms with Crippen LogP contribution in [0.4, 0.5) is 0 Å². The Kier molecular flexibility index (Phi) is 8.57. The van der Waals surface area contributed by atoms with E-state index in [4.69, 9.17) is 0 Å². The maximum atomic E-state index is 4.22. The Bertz CT molecular complexity index is 548. The van der Waals surface area contributed by atoms with Gasteiger partial charge in [-0.3, -0.25) is 4.99 Å². The number of rotatable bonds is 6. The second kappa shape index (κ2) is 10.2. The number of hydrogen-bond donors (Lipinski definition) is 2. The molecule has 6 heteroatoms. The third kappa shape index (κ3) is 5.67. The SMILES string of the molecule is CCCCNC(=NC)NCc1ccc(-n2cccn2)cc1.I. The fourth-order valence-electron chi connectivity index (χ4n) is 1.98. The van der Waals surface area contributed by atoms with Crippen LogP contribution < -0.4 is 10.6 Å². The monoisotopic (exact) mass is 413 g/mol. The molecule has 0 fully saturated rings. The highest BCUT2D eigenvalue weighted by Crippen LogP contribution is 2.08. The van der Waals surface area contributed by atoms with E-state index in [0.717, 1.165) is 31.2 Å². The lowest BCUT2D eigenvalue weighted by molar-refractivity contribution is 0.728. The highest BCUT2D eigenvalue weighted by Gasteiger charge is 1.99. The number of hydrogen-bond acceptors (Lipinski definition) is 2. The molecule has 1 aromatic carbocycles. The van der Waals surface area contributed by atoms with Crippen molar-refractivity contribution in [2.45, 2.75) is 26.3 Å².